The number of aliphatic carboxylic acids is 1. The van der Waals surface area contributed by atoms with Crippen molar-refractivity contribution < 1.29 is 15.0 Å². The molecule has 0 aliphatic rings. The average molecular weight is 185 g/mol. The van der Waals surface area contributed by atoms with Gasteiger partial charge in [0.1, 0.15) is 12.7 Å². The largest absolute Gasteiger partial charge is 0.479 e. The number of carbonyl (C=O) groups is 1. The van der Waals surface area contributed by atoms with Crippen LogP contribution in [-0.2, 0) is 11.3 Å². The van der Waals surface area contributed by atoms with Gasteiger partial charge in [0.25, 0.3) is 0 Å². The van der Waals surface area contributed by atoms with Crippen LogP contribution in [0.1, 0.15) is 12.8 Å². The number of aryl methyl sites for hydroxylation is 1. The Morgan fingerprint density at radius 3 is 2.92 bits per heavy atom. The third-order valence-electron chi connectivity index (χ3n) is 1.62. The maximum atomic E-state index is 10.2. The predicted molar refractivity (Wildman–Crippen MR) is 42.9 cm³/mol. The number of aromatic nitrogens is 3. The molecule has 0 bridgehead atoms. The lowest BCUT2D eigenvalue weighted by Gasteiger charge is -2.04. The summed E-state index contributed by atoms with van der Waals surface area (Å²) in [5, 5.41) is 21.1. The Kier molecular flexibility index (Phi) is 3.39. The first kappa shape index (κ1) is 9.66. The van der Waals surface area contributed by atoms with Crippen molar-refractivity contribution in [3.05, 3.63) is 12.7 Å². The van der Waals surface area contributed by atoms with Crippen molar-refractivity contribution in [2.45, 2.75) is 25.5 Å². The number of aliphatic hydroxyl groups excluding tert-OH is 1. The molecule has 0 aromatic carbocycles. The lowest BCUT2D eigenvalue weighted by molar-refractivity contribution is -0.147. The molecule has 0 saturated carbocycles. The van der Waals surface area contributed by atoms with E-state index in [-0.39, 0.29) is 6.42 Å². The topological polar surface area (TPSA) is 88.2 Å². The summed E-state index contributed by atoms with van der Waals surface area (Å²) < 4.78 is 1.59. The summed E-state index contributed by atoms with van der Waals surface area (Å²) in [4.78, 5) is 13.9. The van der Waals surface area contributed by atoms with Gasteiger partial charge in [-0.1, -0.05) is 0 Å². The van der Waals surface area contributed by atoms with Crippen LogP contribution in [-0.4, -0.2) is 37.1 Å². The van der Waals surface area contributed by atoms with Gasteiger partial charge >= 0.3 is 5.97 Å². The van der Waals surface area contributed by atoms with Gasteiger partial charge in [-0.2, -0.15) is 5.10 Å². The van der Waals surface area contributed by atoms with E-state index in [1.54, 1.807) is 11.0 Å². The van der Waals surface area contributed by atoms with Gasteiger partial charge in [-0.05, 0) is 12.8 Å². The summed E-state index contributed by atoms with van der Waals surface area (Å²) in [6, 6.07) is 0. The molecular formula is C7H11N3O3. The van der Waals surface area contributed by atoms with Gasteiger partial charge < -0.3 is 10.2 Å². The van der Waals surface area contributed by atoms with Crippen molar-refractivity contribution in [3.63, 3.8) is 0 Å². The van der Waals surface area contributed by atoms with Gasteiger partial charge in [0.15, 0.2) is 6.10 Å². The molecule has 1 rings (SSSR count). The van der Waals surface area contributed by atoms with Crippen LogP contribution < -0.4 is 0 Å². The van der Waals surface area contributed by atoms with Crippen molar-refractivity contribution in [1.29, 1.82) is 0 Å². The van der Waals surface area contributed by atoms with E-state index in [9.17, 15) is 4.79 Å². The smallest absolute Gasteiger partial charge is 0.332 e. The van der Waals surface area contributed by atoms with Crippen molar-refractivity contribution in [2.24, 2.45) is 0 Å². The second-order valence-corrected chi connectivity index (χ2v) is 2.65. The number of aliphatic hydroxyl groups is 1. The summed E-state index contributed by atoms with van der Waals surface area (Å²) >= 11 is 0. The van der Waals surface area contributed by atoms with E-state index in [1.165, 1.54) is 6.33 Å². The van der Waals surface area contributed by atoms with Crippen molar-refractivity contribution in [3.8, 4) is 0 Å². The Balaban J connectivity index is 2.18. The lowest BCUT2D eigenvalue weighted by Crippen LogP contribution is -2.19. The highest BCUT2D eigenvalue weighted by molar-refractivity contribution is 5.71. The zero-order valence-corrected chi connectivity index (χ0v) is 7.00. The van der Waals surface area contributed by atoms with Gasteiger partial charge in [-0.25, -0.2) is 9.78 Å². The molecule has 2 N–H and O–H groups in total. The number of nitrogens with zero attached hydrogens (tertiary/aromatic N) is 3. The minimum atomic E-state index is -1.27. The predicted octanol–water partition coefficient (Wildman–Crippen LogP) is -0.496. The first-order valence-electron chi connectivity index (χ1n) is 3.93. The number of carboxylic acids is 1. The quantitative estimate of drug-likeness (QED) is 0.645. The molecule has 1 aromatic heterocycles. The summed E-state index contributed by atoms with van der Waals surface area (Å²) in [6.07, 6.45) is 2.48. The van der Waals surface area contributed by atoms with Crippen LogP contribution >= 0.6 is 0 Å². The van der Waals surface area contributed by atoms with E-state index in [0.29, 0.717) is 13.0 Å². The summed E-state index contributed by atoms with van der Waals surface area (Å²) in [7, 11) is 0. The molecule has 0 aliphatic heterocycles. The molecule has 0 saturated heterocycles. The minimum absolute atomic E-state index is 0.231. The lowest BCUT2D eigenvalue weighted by atomic mass is 10.2. The third-order valence-corrected chi connectivity index (χ3v) is 1.62. The fraction of sp³-hybridized carbons (Fsp3) is 0.571. The highest BCUT2D eigenvalue weighted by atomic mass is 16.4. The van der Waals surface area contributed by atoms with E-state index >= 15 is 0 Å². The van der Waals surface area contributed by atoms with E-state index in [2.05, 4.69) is 10.1 Å². The number of carboxylic acid groups (broad SMARTS) is 1. The Bertz CT molecular complexity index is 260. The zero-order chi connectivity index (χ0) is 9.68. The minimum Gasteiger partial charge on any atom is -0.479 e. The zero-order valence-electron chi connectivity index (χ0n) is 7.00. The highest BCUT2D eigenvalue weighted by Gasteiger charge is 2.11. The maximum Gasteiger partial charge on any atom is 0.332 e. The monoisotopic (exact) mass is 185 g/mol. The van der Waals surface area contributed by atoms with Crippen LogP contribution in [0.25, 0.3) is 0 Å². The van der Waals surface area contributed by atoms with Crippen molar-refractivity contribution in [1.82, 2.24) is 14.8 Å². The van der Waals surface area contributed by atoms with Crippen LogP contribution in [0.2, 0.25) is 0 Å². The van der Waals surface area contributed by atoms with Gasteiger partial charge in [0.2, 0.25) is 0 Å². The molecule has 6 nitrogen and oxygen atoms in total. The molecule has 1 heterocycles. The van der Waals surface area contributed by atoms with Gasteiger partial charge in [0, 0.05) is 6.54 Å². The Labute approximate surface area is 74.8 Å². The molecule has 0 aliphatic carbocycles. The molecule has 0 spiro atoms. The molecule has 13 heavy (non-hydrogen) atoms. The molecule has 6 heteroatoms. The first-order chi connectivity index (χ1) is 6.20. The fourth-order valence-electron chi connectivity index (χ4n) is 0.918. The number of rotatable bonds is 5. The van der Waals surface area contributed by atoms with E-state index in [4.69, 9.17) is 10.2 Å². The molecule has 0 radical (unpaired) electrons. The van der Waals surface area contributed by atoms with Crippen LogP contribution in [0.5, 0.6) is 0 Å². The van der Waals surface area contributed by atoms with E-state index in [1.807, 2.05) is 0 Å². The van der Waals surface area contributed by atoms with Crippen LogP contribution in [0.3, 0.4) is 0 Å². The van der Waals surface area contributed by atoms with Gasteiger partial charge in [-0.15, -0.1) is 0 Å². The molecule has 1 unspecified atom stereocenters. The Morgan fingerprint density at radius 2 is 2.38 bits per heavy atom. The SMILES string of the molecule is O=C(O)C(O)CCCn1cncn1. The second-order valence-electron chi connectivity index (χ2n) is 2.65. The number of hydrogen-bond donors (Lipinski definition) is 2. The molecule has 0 fully saturated rings. The highest BCUT2D eigenvalue weighted by Crippen LogP contribution is 1.98. The van der Waals surface area contributed by atoms with Crippen LogP contribution in [0, 0.1) is 0 Å². The van der Waals surface area contributed by atoms with Crippen molar-refractivity contribution in [2.75, 3.05) is 0 Å². The van der Waals surface area contributed by atoms with Gasteiger partial charge in [0.05, 0.1) is 0 Å². The molecule has 72 valence electrons. The average Bonchev–Trinajstić information content (AvgIpc) is 2.56. The third kappa shape index (κ3) is 3.20. The summed E-state index contributed by atoms with van der Waals surface area (Å²) in [6.45, 7) is 0.574. The number of hydrogen-bond acceptors (Lipinski definition) is 4. The van der Waals surface area contributed by atoms with E-state index in [0.717, 1.165) is 0 Å². The Morgan fingerprint density at radius 1 is 1.62 bits per heavy atom. The summed E-state index contributed by atoms with van der Waals surface area (Å²) in [5.41, 5.74) is 0. The molecule has 1 atom stereocenters. The summed E-state index contributed by atoms with van der Waals surface area (Å²) in [5.74, 6) is -1.18. The normalized spacial score (nSPS) is 12.7. The van der Waals surface area contributed by atoms with Crippen LogP contribution in [0.4, 0.5) is 0 Å². The second kappa shape index (κ2) is 4.56. The van der Waals surface area contributed by atoms with Crippen LogP contribution in [0.15, 0.2) is 12.7 Å². The molecule has 1 aromatic rings. The van der Waals surface area contributed by atoms with Crippen molar-refractivity contribution >= 4 is 5.97 Å². The molecular weight excluding hydrogens is 174 g/mol. The van der Waals surface area contributed by atoms with Gasteiger partial charge in [-0.3, -0.25) is 4.68 Å². The first-order valence-corrected chi connectivity index (χ1v) is 3.93. The Hall–Kier alpha value is -1.43. The van der Waals surface area contributed by atoms with E-state index < -0.39 is 12.1 Å². The standard InChI is InChI=1S/C7H11N3O3/c11-6(7(12)13)2-1-3-10-5-8-4-9-10/h4-6,11H,1-3H2,(H,12,13). The maximum absolute atomic E-state index is 10.2. The fourth-order valence-corrected chi connectivity index (χ4v) is 0.918. The molecule has 0 amide bonds.